The highest BCUT2D eigenvalue weighted by Crippen LogP contribution is 2.30. The maximum Gasteiger partial charge on any atom is 0.337 e. The first-order chi connectivity index (χ1) is 12.1. The summed E-state index contributed by atoms with van der Waals surface area (Å²) in [5.74, 6) is -1.90. The summed E-state index contributed by atoms with van der Waals surface area (Å²) < 4.78 is 13.9. The van der Waals surface area contributed by atoms with Crippen LogP contribution in [-0.2, 0) is 13.0 Å². The number of amides is 1. The van der Waals surface area contributed by atoms with Gasteiger partial charge in [-0.3, -0.25) is 4.79 Å². The SMILES string of the molecule is O=C(O)c1cccc2c3c([nH]c12)CN(C(=O)c1ccccc1F)CC3. The summed E-state index contributed by atoms with van der Waals surface area (Å²) in [5, 5.41) is 10.2. The maximum absolute atomic E-state index is 13.9. The smallest absolute Gasteiger partial charge is 0.337 e. The third kappa shape index (κ3) is 2.46. The molecule has 0 radical (unpaired) electrons. The number of carbonyl (C=O) groups is 2. The van der Waals surface area contributed by atoms with Gasteiger partial charge in [-0.1, -0.05) is 24.3 Å². The molecule has 4 rings (SSSR count). The van der Waals surface area contributed by atoms with E-state index in [1.54, 1.807) is 29.2 Å². The van der Waals surface area contributed by atoms with Crippen molar-refractivity contribution < 1.29 is 19.1 Å². The predicted molar refractivity (Wildman–Crippen MR) is 90.1 cm³/mol. The molecule has 0 fully saturated rings. The molecule has 1 aromatic heterocycles. The number of para-hydroxylation sites is 1. The van der Waals surface area contributed by atoms with Crippen molar-refractivity contribution in [3.63, 3.8) is 0 Å². The molecule has 2 heterocycles. The highest BCUT2D eigenvalue weighted by molar-refractivity contribution is 6.03. The quantitative estimate of drug-likeness (QED) is 0.753. The van der Waals surface area contributed by atoms with Gasteiger partial charge in [0.25, 0.3) is 5.91 Å². The summed E-state index contributed by atoms with van der Waals surface area (Å²) >= 11 is 0. The van der Waals surface area contributed by atoms with Gasteiger partial charge in [0, 0.05) is 17.6 Å². The molecule has 6 heteroatoms. The monoisotopic (exact) mass is 338 g/mol. The van der Waals surface area contributed by atoms with Gasteiger partial charge in [0.1, 0.15) is 5.82 Å². The van der Waals surface area contributed by atoms with Crippen LogP contribution in [0.2, 0.25) is 0 Å². The number of halogens is 1. The lowest BCUT2D eigenvalue weighted by molar-refractivity contribution is 0.0695. The minimum Gasteiger partial charge on any atom is -0.478 e. The Hall–Kier alpha value is -3.15. The van der Waals surface area contributed by atoms with E-state index < -0.39 is 11.8 Å². The summed E-state index contributed by atoms with van der Waals surface area (Å²) in [6, 6.07) is 11.1. The highest BCUT2D eigenvalue weighted by Gasteiger charge is 2.27. The third-order valence-corrected chi connectivity index (χ3v) is 4.63. The number of hydrogen-bond donors (Lipinski definition) is 2. The van der Waals surface area contributed by atoms with Crippen molar-refractivity contribution in [2.24, 2.45) is 0 Å². The number of aromatic amines is 1. The summed E-state index contributed by atoms with van der Waals surface area (Å²) in [6.07, 6.45) is 0.596. The van der Waals surface area contributed by atoms with Crippen LogP contribution < -0.4 is 0 Å². The first-order valence-electron chi connectivity index (χ1n) is 7.96. The molecule has 126 valence electrons. The van der Waals surface area contributed by atoms with E-state index in [-0.39, 0.29) is 17.0 Å². The zero-order valence-corrected chi connectivity index (χ0v) is 13.3. The van der Waals surface area contributed by atoms with Crippen molar-refractivity contribution >= 4 is 22.8 Å². The Kier molecular flexibility index (Phi) is 3.53. The maximum atomic E-state index is 13.9. The van der Waals surface area contributed by atoms with E-state index in [1.165, 1.54) is 12.1 Å². The number of carbonyl (C=O) groups excluding carboxylic acids is 1. The Morgan fingerprint density at radius 2 is 1.84 bits per heavy atom. The molecule has 2 N–H and O–H groups in total. The van der Waals surface area contributed by atoms with E-state index in [1.807, 2.05) is 6.07 Å². The normalized spacial score (nSPS) is 13.7. The number of carboxylic acid groups (broad SMARTS) is 1. The number of rotatable bonds is 2. The number of benzene rings is 2. The molecular weight excluding hydrogens is 323 g/mol. The molecule has 1 aliphatic heterocycles. The Balaban J connectivity index is 1.71. The number of nitrogens with one attached hydrogen (secondary N) is 1. The van der Waals surface area contributed by atoms with Gasteiger partial charge in [0.2, 0.25) is 0 Å². The summed E-state index contributed by atoms with van der Waals surface area (Å²) in [6.45, 7) is 0.765. The summed E-state index contributed by atoms with van der Waals surface area (Å²) in [5.41, 5.74) is 2.66. The second kappa shape index (κ2) is 5.73. The van der Waals surface area contributed by atoms with Crippen molar-refractivity contribution in [2.75, 3.05) is 6.54 Å². The van der Waals surface area contributed by atoms with Crippen LogP contribution in [0.4, 0.5) is 4.39 Å². The van der Waals surface area contributed by atoms with Gasteiger partial charge < -0.3 is 15.0 Å². The van der Waals surface area contributed by atoms with Crippen LogP contribution in [0.3, 0.4) is 0 Å². The van der Waals surface area contributed by atoms with E-state index in [0.717, 1.165) is 16.6 Å². The number of hydrogen-bond acceptors (Lipinski definition) is 2. The zero-order chi connectivity index (χ0) is 17.6. The first-order valence-corrected chi connectivity index (χ1v) is 7.96. The van der Waals surface area contributed by atoms with Gasteiger partial charge in [-0.15, -0.1) is 0 Å². The molecule has 3 aromatic rings. The lowest BCUT2D eigenvalue weighted by Crippen LogP contribution is -2.36. The fourth-order valence-electron chi connectivity index (χ4n) is 3.42. The highest BCUT2D eigenvalue weighted by atomic mass is 19.1. The molecule has 0 aliphatic carbocycles. The van der Waals surface area contributed by atoms with Gasteiger partial charge in [0.05, 0.1) is 23.2 Å². The average molecular weight is 338 g/mol. The number of H-pyrrole nitrogens is 1. The fourth-order valence-corrected chi connectivity index (χ4v) is 3.42. The molecule has 5 nitrogen and oxygen atoms in total. The Morgan fingerprint density at radius 3 is 2.60 bits per heavy atom. The molecule has 25 heavy (non-hydrogen) atoms. The number of aromatic nitrogens is 1. The van der Waals surface area contributed by atoms with Gasteiger partial charge >= 0.3 is 5.97 Å². The van der Waals surface area contributed by atoms with Crippen molar-refractivity contribution in [3.8, 4) is 0 Å². The molecule has 1 amide bonds. The van der Waals surface area contributed by atoms with Crippen molar-refractivity contribution in [1.29, 1.82) is 0 Å². The Labute approximate surface area is 142 Å². The van der Waals surface area contributed by atoms with E-state index in [0.29, 0.717) is 25.0 Å². The minimum atomic E-state index is -0.997. The molecule has 0 bridgehead atoms. The molecule has 0 spiro atoms. The van der Waals surface area contributed by atoms with E-state index in [2.05, 4.69) is 4.98 Å². The predicted octanol–water partition coefficient (Wildman–Crippen LogP) is 3.20. The van der Waals surface area contributed by atoms with Crippen LogP contribution in [-0.4, -0.2) is 33.4 Å². The van der Waals surface area contributed by atoms with Crippen molar-refractivity contribution in [2.45, 2.75) is 13.0 Å². The average Bonchev–Trinajstić information content (AvgIpc) is 2.99. The van der Waals surface area contributed by atoms with Gasteiger partial charge in [-0.05, 0) is 30.2 Å². The second-order valence-corrected chi connectivity index (χ2v) is 6.07. The van der Waals surface area contributed by atoms with Crippen molar-refractivity contribution in [1.82, 2.24) is 9.88 Å². The number of nitrogens with zero attached hydrogens (tertiary/aromatic N) is 1. The summed E-state index contributed by atoms with van der Waals surface area (Å²) in [4.78, 5) is 28.7. The van der Waals surface area contributed by atoms with Gasteiger partial charge in [0.15, 0.2) is 0 Å². The molecule has 0 unspecified atom stereocenters. The van der Waals surface area contributed by atoms with E-state index in [4.69, 9.17) is 0 Å². The lowest BCUT2D eigenvalue weighted by atomic mass is 10.0. The zero-order valence-electron chi connectivity index (χ0n) is 13.3. The van der Waals surface area contributed by atoms with E-state index >= 15 is 0 Å². The first kappa shape index (κ1) is 15.4. The number of aromatic carboxylic acids is 1. The lowest BCUT2D eigenvalue weighted by Gasteiger charge is -2.27. The second-order valence-electron chi connectivity index (χ2n) is 6.07. The standard InChI is InChI=1S/C19H15FN2O3/c20-15-7-2-1-4-13(15)18(23)22-9-8-11-12-5-3-6-14(19(24)25)17(12)21-16(11)10-22/h1-7,21H,8-10H2,(H,24,25). The van der Waals surface area contributed by atoms with Crippen LogP contribution in [0.5, 0.6) is 0 Å². The van der Waals surface area contributed by atoms with Crippen LogP contribution in [0.25, 0.3) is 10.9 Å². The van der Waals surface area contributed by atoms with Gasteiger partial charge in [-0.2, -0.15) is 0 Å². The van der Waals surface area contributed by atoms with Crippen LogP contribution in [0, 0.1) is 5.82 Å². The third-order valence-electron chi connectivity index (χ3n) is 4.63. The van der Waals surface area contributed by atoms with E-state index in [9.17, 15) is 19.1 Å². The minimum absolute atomic E-state index is 0.0493. The number of fused-ring (bicyclic) bond motifs is 3. The van der Waals surface area contributed by atoms with Crippen LogP contribution >= 0.6 is 0 Å². The van der Waals surface area contributed by atoms with Gasteiger partial charge in [-0.25, -0.2) is 9.18 Å². The fraction of sp³-hybridized carbons (Fsp3) is 0.158. The Bertz CT molecular complexity index is 1010. The topological polar surface area (TPSA) is 73.4 Å². The van der Waals surface area contributed by atoms with Crippen LogP contribution in [0.15, 0.2) is 42.5 Å². The number of carboxylic acids is 1. The molecule has 0 atom stereocenters. The van der Waals surface area contributed by atoms with Crippen LogP contribution in [0.1, 0.15) is 32.0 Å². The largest absolute Gasteiger partial charge is 0.478 e. The molecule has 0 saturated carbocycles. The molecule has 0 saturated heterocycles. The molecule has 2 aromatic carbocycles. The summed E-state index contributed by atoms with van der Waals surface area (Å²) in [7, 11) is 0. The molecular formula is C19H15FN2O3. The molecule has 1 aliphatic rings. The Morgan fingerprint density at radius 1 is 1.08 bits per heavy atom. The van der Waals surface area contributed by atoms with Crippen molar-refractivity contribution in [3.05, 3.63) is 70.7 Å².